The predicted molar refractivity (Wildman–Crippen MR) is 51.9 cm³/mol. The highest BCUT2D eigenvalue weighted by Gasteiger charge is 1.98. The van der Waals surface area contributed by atoms with Crippen molar-refractivity contribution >= 4 is 5.52 Å². The topological polar surface area (TPSA) is 50.2 Å². The quantitative estimate of drug-likeness (QED) is 0.663. The van der Waals surface area contributed by atoms with Gasteiger partial charge in [-0.05, 0) is 13.0 Å². The fourth-order valence-corrected chi connectivity index (χ4v) is 1.06. The number of H-pyrrole nitrogens is 1. The molecule has 0 radical (unpaired) electrons. The molecule has 0 fully saturated rings. The Kier molecular flexibility index (Phi) is 2.84. The number of nitrogens with one attached hydrogen (secondary N) is 1. The lowest BCUT2D eigenvalue weighted by molar-refractivity contribution is 0.914. The van der Waals surface area contributed by atoms with Crippen LogP contribution in [-0.2, 0) is 0 Å². The number of aromatic nitrogens is 3. The number of fused-ring (bicyclic) bond motifs is 1. The van der Waals surface area contributed by atoms with E-state index in [1.165, 1.54) is 0 Å². The first kappa shape index (κ1) is 9.51. The Labute approximate surface area is 76.2 Å². The Bertz CT molecular complexity index is 441. The number of rotatable bonds is 0. The minimum absolute atomic E-state index is 0.104. The van der Waals surface area contributed by atoms with Gasteiger partial charge in [-0.15, -0.1) is 0 Å². The highest BCUT2D eigenvalue weighted by molar-refractivity contribution is 5.44. The van der Waals surface area contributed by atoms with Crippen molar-refractivity contribution in [3.63, 3.8) is 0 Å². The van der Waals surface area contributed by atoms with E-state index in [9.17, 15) is 4.79 Å². The number of nitrogens with zero attached hydrogens (tertiary/aromatic N) is 2. The second-order valence-electron chi connectivity index (χ2n) is 2.40. The van der Waals surface area contributed by atoms with Gasteiger partial charge in [0, 0.05) is 12.4 Å². The van der Waals surface area contributed by atoms with Gasteiger partial charge in [0.2, 0.25) is 0 Å². The molecule has 70 valence electrons. The van der Waals surface area contributed by atoms with Crippen LogP contribution in [0.1, 0.15) is 19.5 Å². The zero-order chi connectivity index (χ0) is 9.84. The third kappa shape index (κ3) is 1.77. The summed E-state index contributed by atoms with van der Waals surface area (Å²) in [6.45, 7) is 5.85. The zero-order valence-electron chi connectivity index (χ0n) is 8.03. The van der Waals surface area contributed by atoms with Gasteiger partial charge in [-0.1, -0.05) is 13.8 Å². The molecule has 2 rings (SSSR count). The van der Waals surface area contributed by atoms with E-state index in [0.29, 0.717) is 5.52 Å². The molecule has 4 nitrogen and oxygen atoms in total. The average Bonchev–Trinajstić information content (AvgIpc) is 2.51. The molecule has 0 aliphatic carbocycles. The Balaban J connectivity index is 0.000000396. The fraction of sp³-hybridized carbons (Fsp3) is 0.333. The molecular weight excluding hydrogens is 166 g/mol. The van der Waals surface area contributed by atoms with E-state index in [1.807, 2.05) is 20.8 Å². The molecule has 0 unspecified atom stereocenters. The van der Waals surface area contributed by atoms with Crippen molar-refractivity contribution in [1.29, 1.82) is 0 Å². The smallest absolute Gasteiger partial charge is 0.273 e. The van der Waals surface area contributed by atoms with Crippen molar-refractivity contribution in [3.05, 3.63) is 34.5 Å². The molecule has 0 aliphatic heterocycles. The van der Waals surface area contributed by atoms with E-state index in [2.05, 4.69) is 10.1 Å². The van der Waals surface area contributed by atoms with Crippen LogP contribution in [0.15, 0.2) is 23.3 Å². The number of aryl methyl sites for hydroxylation is 1. The van der Waals surface area contributed by atoms with Crippen LogP contribution in [0.5, 0.6) is 0 Å². The summed E-state index contributed by atoms with van der Waals surface area (Å²) >= 11 is 0. The molecule has 2 aromatic heterocycles. The number of hydrogen-bond acceptors (Lipinski definition) is 2. The van der Waals surface area contributed by atoms with E-state index >= 15 is 0 Å². The fourth-order valence-electron chi connectivity index (χ4n) is 1.06. The SMILES string of the molecule is CC.Cc1cc2c(=O)[nH]ccn2n1. The van der Waals surface area contributed by atoms with Crippen LogP contribution in [0.4, 0.5) is 0 Å². The first-order valence-corrected chi connectivity index (χ1v) is 4.31. The van der Waals surface area contributed by atoms with Crippen molar-refractivity contribution in [3.8, 4) is 0 Å². The van der Waals surface area contributed by atoms with Gasteiger partial charge < -0.3 is 4.98 Å². The van der Waals surface area contributed by atoms with Gasteiger partial charge in [-0.25, -0.2) is 4.52 Å². The maximum atomic E-state index is 11.1. The molecule has 0 aromatic carbocycles. The average molecular weight is 179 g/mol. The highest BCUT2D eigenvalue weighted by atomic mass is 16.1. The van der Waals surface area contributed by atoms with E-state index in [1.54, 1.807) is 23.0 Å². The van der Waals surface area contributed by atoms with Crippen LogP contribution < -0.4 is 5.56 Å². The van der Waals surface area contributed by atoms with Crippen LogP contribution in [0.25, 0.3) is 5.52 Å². The second kappa shape index (κ2) is 3.89. The van der Waals surface area contributed by atoms with Gasteiger partial charge in [0.15, 0.2) is 0 Å². The molecule has 0 saturated heterocycles. The van der Waals surface area contributed by atoms with E-state index < -0.39 is 0 Å². The molecule has 0 atom stereocenters. The summed E-state index contributed by atoms with van der Waals surface area (Å²) in [7, 11) is 0. The minimum Gasteiger partial charge on any atom is -0.326 e. The largest absolute Gasteiger partial charge is 0.326 e. The summed E-state index contributed by atoms with van der Waals surface area (Å²) in [4.78, 5) is 13.6. The normalized spacial score (nSPS) is 9.46. The Hall–Kier alpha value is -1.58. The van der Waals surface area contributed by atoms with Gasteiger partial charge in [0.1, 0.15) is 5.52 Å². The summed E-state index contributed by atoms with van der Waals surface area (Å²) in [6, 6.07) is 1.75. The van der Waals surface area contributed by atoms with Gasteiger partial charge in [-0.3, -0.25) is 4.79 Å². The number of aromatic amines is 1. The van der Waals surface area contributed by atoms with Gasteiger partial charge in [0.25, 0.3) is 5.56 Å². The van der Waals surface area contributed by atoms with Gasteiger partial charge in [0.05, 0.1) is 5.69 Å². The molecule has 2 aromatic rings. The predicted octanol–water partition coefficient (Wildman–Crippen LogP) is 1.36. The van der Waals surface area contributed by atoms with E-state index in [4.69, 9.17) is 0 Å². The minimum atomic E-state index is -0.104. The van der Waals surface area contributed by atoms with E-state index in [0.717, 1.165) is 5.69 Å². The molecular formula is C9H13N3O. The standard InChI is InChI=1S/C7H7N3O.C2H6/c1-5-4-6-7(11)8-2-3-10(6)9-5;1-2/h2-4H,1H3,(H,8,11);1-2H3. The molecule has 4 heteroatoms. The zero-order valence-corrected chi connectivity index (χ0v) is 8.03. The van der Waals surface area contributed by atoms with Crippen LogP contribution in [0, 0.1) is 6.92 Å². The molecule has 1 N–H and O–H groups in total. The van der Waals surface area contributed by atoms with Crippen LogP contribution >= 0.6 is 0 Å². The second-order valence-corrected chi connectivity index (χ2v) is 2.40. The molecule has 0 spiro atoms. The van der Waals surface area contributed by atoms with Crippen molar-refractivity contribution in [2.75, 3.05) is 0 Å². The summed E-state index contributed by atoms with van der Waals surface area (Å²) in [6.07, 6.45) is 3.28. The first-order valence-electron chi connectivity index (χ1n) is 4.31. The first-order chi connectivity index (χ1) is 6.27. The van der Waals surface area contributed by atoms with Crippen LogP contribution in [0.3, 0.4) is 0 Å². The van der Waals surface area contributed by atoms with Crippen molar-refractivity contribution in [1.82, 2.24) is 14.6 Å². The summed E-state index contributed by atoms with van der Waals surface area (Å²) in [5.74, 6) is 0. The Morgan fingerprint density at radius 2 is 2.15 bits per heavy atom. The lowest BCUT2D eigenvalue weighted by atomic mass is 10.4. The molecule has 13 heavy (non-hydrogen) atoms. The maximum Gasteiger partial charge on any atom is 0.273 e. The van der Waals surface area contributed by atoms with E-state index in [-0.39, 0.29) is 5.56 Å². The maximum absolute atomic E-state index is 11.1. The van der Waals surface area contributed by atoms with Crippen molar-refractivity contribution in [2.45, 2.75) is 20.8 Å². The van der Waals surface area contributed by atoms with Gasteiger partial charge in [-0.2, -0.15) is 5.10 Å². The summed E-state index contributed by atoms with van der Waals surface area (Å²) in [5.41, 5.74) is 1.33. The Morgan fingerprint density at radius 3 is 2.77 bits per heavy atom. The lowest BCUT2D eigenvalue weighted by Gasteiger charge is -1.87. The van der Waals surface area contributed by atoms with Crippen LogP contribution in [-0.4, -0.2) is 14.6 Å². The molecule has 0 amide bonds. The molecule has 2 heterocycles. The van der Waals surface area contributed by atoms with Crippen LogP contribution in [0.2, 0.25) is 0 Å². The summed E-state index contributed by atoms with van der Waals surface area (Å²) < 4.78 is 1.56. The van der Waals surface area contributed by atoms with Gasteiger partial charge >= 0.3 is 0 Å². The Morgan fingerprint density at radius 1 is 1.46 bits per heavy atom. The third-order valence-corrected chi connectivity index (χ3v) is 1.52. The van der Waals surface area contributed by atoms with Crippen molar-refractivity contribution < 1.29 is 0 Å². The molecule has 0 bridgehead atoms. The molecule has 0 aliphatic rings. The lowest BCUT2D eigenvalue weighted by Crippen LogP contribution is -2.07. The summed E-state index contributed by atoms with van der Waals surface area (Å²) in [5, 5.41) is 4.07. The van der Waals surface area contributed by atoms with Crippen molar-refractivity contribution in [2.24, 2.45) is 0 Å². The third-order valence-electron chi connectivity index (χ3n) is 1.52. The molecule has 0 saturated carbocycles. The highest BCUT2D eigenvalue weighted by Crippen LogP contribution is 1.97. The monoisotopic (exact) mass is 179 g/mol. The number of hydrogen-bond donors (Lipinski definition) is 1.